The van der Waals surface area contributed by atoms with Crippen molar-refractivity contribution in [2.75, 3.05) is 20.7 Å². The van der Waals surface area contributed by atoms with E-state index in [4.69, 9.17) is 4.74 Å². The van der Waals surface area contributed by atoms with Crippen LogP contribution in [0.15, 0.2) is 22.7 Å². The van der Waals surface area contributed by atoms with Crippen molar-refractivity contribution in [3.8, 4) is 5.75 Å². The van der Waals surface area contributed by atoms with E-state index >= 15 is 0 Å². The first-order valence-electron chi connectivity index (χ1n) is 6.68. The summed E-state index contributed by atoms with van der Waals surface area (Å²) in [7, 11) is 3.79. The Morgan fingerprint density at radius 2 is 2.26 bits per heavy atom. The second-order valence-electron chi connectivity index (χ2n) is 5.64. The summed E-state index contributed by atoms with van der Waals surface area (Å²) in [5, 5.41) is 10.8. The Hall–Kier alpha value is -0.580. The molecule has 2 unspecified atom stereocenters. The van der Waals surface area contributed by atoms with Gasteiger partial charge in [-0.2, -0.15) is 0 Å². The van der Waals surface area contributed by atoms with E-state index < -0.39 is 5.60 Å². The topological polar surface area (TPSA) is 32.7 Å². The molecular weight excluding hydrogens is 306 g/mol. The van der Waals surface area contributed by atoms with E-state index in [9.17, 15) is 5.11 Å². The standard InChI is InChI=1S/C15H22BrNO2/c1-11-9-15(18,6-7-17(11)2)10-12-8-13(16)4-5-14(12)19-3/h4-5,8,11,18H,6-7,9-10H2,1-3H3. The summed E-state index contributed by atoms with van der Waals surface area (Å²) in [5.41, 5.74) is 0.441. The van der Waals surface area contributed by atoms with Gasteiger partial charge in [0.1, 0.15) is 5.75 Å². The van der Waals surface area contributed by atoms with Crippen LogP contribution in [-0.4, -0.2) is 42.4 Å². The SMILES string of the molecule is COc1ccc(Br)cc1CC1(O)CCN(C)C(C)C1. The van der Waals surface area contributed by atoms with Gasteiger partial charge in [0.05, 0.1) is 12.7 Å². The van der Waals surface area contributed by atoms with Crippen molar-refractivity contribution in [1.29, 1.82) is 0 Å². The van der Waals surface area contributed by atoms with Crippen LogP contribution < -0.4 is 4.74 Å². The quantitative estimate of drug-likeness (QED) is 0.926. The minimum Gasteiger partial charge on any atom is -0.496 e. The summed E-state index contributed by atoms with van der Waals surface area (Å²) in [6.45, 7) is 3.11. The van der Waals surface area contributed by atoms with Crippen LogP contribution in [0, 0.1) is 0 Å². The van der Waals surface area contributed by atoms with E-state index in [0.29, 0.717) is 12.5 Å². The first-order valence-corrected chi connectivity index (χ1v) is 7.48. The predicted octanol–water partition coefficient (Wildman–Crippen LogP) is 2.85. The van der Waals surface area contributed by atoms with E-state index in [-0.39, 0.29) is 0 Å². The molecule has 1 aromatic rings. The number of ether oxygens (including phenoxy) is 1. The Balaban J connectivity index is 2.18. The van der Waals surface area contributed by atoms with Crippen LogP contribution >= 0.6 is 15.9 Å². The fourth-order valence-corrected chi connectivity index (χ4v) is 3.22. The monoisotopic (exact) mass is 327 g/mol. The highest BCUT2D eigenvalue weighted by Crippen LogP contribution is 2.33. The second-order valence-corrected chi connectivity index (χ2v) is 6.56. The minimum atomic E-state index is -0.625. The number of hydrogen-bond acceptors (Lipinski definition) is 3. The third-order valence-corrected chi connectivity index (χ3v) is 4.61. The molecule has 4 heteroatoms. The van der Waals surface area contributed by atoms with Crippen molar-refractivity contribution in [3.05, 3.63) is 28.2 Å². The van der Waals surface area contributed by atoms with Gasteiger partial charge in [-0.1, -0.05) is 15.9 Å². The second kappa shape index (κ2) is 5.81. The summed E-state index contributed by atoms with van der Waals surface area (Å²) in [5.74, 6) is 0.850. The molecule has 2 rings (SSSR count). The predicted molar refractivity (Wildman–Crippen MR) is 80.7 cm³/mol. The number of rotatable bonds is 3. The van der Waals surface area contributed by atoms with Gasteiger partial charge >= 0.3 is 0 Å². The average Bonchev–Trinajstić information content (AvgIpc) is 2.35. The van der Waals surface area contributed by atoms with Crippen LogP contribution in [-0.2, 0) is 6.42 Å². The van der Waals surface area contributed by atoms with Crippen LogP contribution in [0.2, 0.25) is 0 Å². The molecule has 1 aromatic carbocycles. The minimum absolute atomic E-state index is 0.414. The number of hydrogen-bond donors (Lipinski definition) is 1. The fraction of sp³-hybridized carbons (Fsp3) is 0.600. The number of benzene rings is 1. The summed E-state index contributed by atoms with van der Waals surface area (Å²) < 4.78 is 6.41. The fourth-order valence-electron chi connectivity index (χ4n) is 2.81. The highest BCUT2D eigenvalue weighted by Gasteiger charge is 2.35. The molecule has 19 heavy (non-hydrogen) atoms. The van der Waals surface area contributed by atoms with Gasteiger partial charge in [-0.25, -0.2) is 0 Å². The van der Waals surface area contributed by atoms with Gasteiger partial charge in [-0.15, -0.1) is 0 Å². The lowest BCUT2D eigenvalue weighted by atomic mass is 9.82. The van der Waals surface area contributed by atoms with Gasteiger partial charge in [-0.3, -0.25) is 0 Å². The van der Waals surface area contributed by atoms with E-state index in [1.807, 2.05) is 18.2 Å². The molecule has 1 heterocycles. The van der Waals surface area contributed by atoms with Crippen molar-refractivity contribution in [2.24, 2.45) is 0 Å². The highest BCUT2D eigenvalue weighted by atomic mass is 79.9. The normalized spacial score (nSPS) is 28.4. The van der Waals surface area contributed by atoms with Crippen molar-refractivity contribution in [1.82, 2.24) is 4.90 Å². The molecule has 0 spiro atoms. The molecule has 106 valence electrons. The van der Waals surface area contributed by atoms with Crippen molar-refractivity contribution in [3.63, 3.8) is 0 Å². The zero-order chi connectivity index (χ0) is 14.0. The lowest BCUT2D eigenvalue weighted by Crippen LogP contribution is -2.48. The molecule has 2 atom stereocenters. The van der Waals surface area contributed by atoms with Crippen LogP contribution in [0.3, 0.4) is 0 Å². The first-order chi connectivity index (χ1) is 8.93. The number of piperidine rings is 1. The van der Waals surface area contributed by atoms with Crippen LogP contribution in [0.1, 0.15) is 25.3 Å². The lowest BCUT2D eigenvalue weighted by molar-refractivity contribution is -0.0356. The Kier molecular flexibility index (Phi) is 4.54. The molecule has 1 saturated heterocycles. The molecule has 1 aliphatic heterocycles. The maximum absolute atomic E-state index is 10.8. The van der Waals surface area contributed by atoms with Crippen LogP contribution in [0.25, 0.3) is 0 Å². The molecule has 0 bridgehead atoms. The molecule has 0 amide bonds. The molecule has 0 saturated carbocycles. The van der Waals surface area contributed by atoms with Gasteiger partial charge in [0, 0.05) is 23.5 Å². The first kappa shape index (κ1) is 14.8. The smallest absolute Gasteiger partial charge is 0.122 e. The van der Waals surface area contributed by atoms with Gasteiger partial charge in [-0.05, 0) is 50.6 Å². The third kappa shape index (κ3) is 3.50. The van der Waals surface area contributed by atoms with Crippen molar-refractivity contribution < 1.29 is 9.84 Å². The summed E-state index contributed by atoms with van der Waals surface area (Å²) >= 11 is 3.48. The Morgan fingerprint density at radius 3 is 2.89 bits per heavy atom. The molecule has 0 aromatic heterocycles. The molecule has 1 N–H and O–H groups in total. The Morgan fingerprint density at radius 1 is 1.53 bits per heavy atom. The third-order valence-electron chi connectivity index (χ3n) is 4.12. The largest absolute Gasteiger partial charge is 0.496 e. The summed E-state index contributed by atoms with van der Waals surface area (Å²) in [6.07, 6.45) is 2.26. The maximum Gasteiger partial charge on any atom is 0.122 e. The molecule has 1 fully saturated rings. The zero-order valence-corrected chi connectivity index (χ0v) is 13.4. The summed E-state index contributed by atoms with van der Waals surface area (Å²) in [6, 6.07) is 6.36. The van der Waals surface area contributed by atoms with Gasteiger partial charge in [0.25, 0.3) is 0 Å². The number of halogens is 1. The number of nitrogens with zero attached hydrogens (tertiary/aromatic N) is 1. The molecule has 0 radical (unpaired) electrons. The highest BCUT2D eigenvalue weighted by molar-refractivity contribution is 9.10. The van der Waals surface area contributed by atoms with Gasteiger partial charge < -0.3 is 14.7 Å². The molecule has 0 aliphatic carbocycles. The van der Waals surface area contributed by atoms with Gasteiger partial charge in [0.15, 0.2) is 0 Å². The molecule has 3 nitrogen and oxygen atoms in total. The van der Waals surface area contributed by atoms with Crippen LogP contribution in [0.5, 0.6) is 5.75 Å². The summed E-state index contributed by atoms with van der Waals surface area (Å²) in [4.78, 5) is 2.30. The van der Waals surface area contributed by atoms with E-state index in [0.717, 1.165) is 35.2 Å². The molecular formula is C15H22BrNO2. The number of likely N-dealkylation sites (tertiary alicyclic amines) is 1. The Labute approximate surface area is 123 Å². The number of aliphatic hydroxyl groups is 1. The Bertz CT molecular complexity index is 452. The average molecular weight is 328 g/mol. The zero-order valence-electron chi connectivity index (χ0n) is 11.8. The lowest BCUT2D eigenvalue weighted by Gasteiger charge is -2.41. The maximum atomic E-state index is 10.8. The van der Waals surface area contributed by atoms with E-state index in [1.54, 1.807) is 7.11 Å². The van der Waals surface area contributed by atoms with Gasteiger partial charge in [0.2, 0.25) is 0 Å². The van der Waals surface area contributed by atoms with Crippen molar-refractivity contribution in [2.45, 2.75) is 37.8 Å². The van der Waals surface area contributed by atoms with E-state index in [1.165, 1.54) is 0 Å². The van der Waals surface area contributed by atoms with E-state index in [2.05, 4.69) is 34.8 Å². The van der Waals surface area contributed by atoms with Crippen molar-refractivity contribution >= 4 is 15.9 Å². The molecule has 1 aliphatic rings. The van der Waals surface area contributed by atoms with Crippen LogP contribution in [0.4, 0.5) is 0 Å². The number of methoxy groups -OCH3 is 1.